The van der Waals surface area contributed by atoms with Gasteiger partial charge in [0.05, 0.1) is 17.9 Å². The maximum absolute atomic E-state index is 12.5. The first-order valence-electron chi connectivity index (χ1n) is 10.8. The SMILES string of the molecule is Cc1cc(C)n(-c2cccc(NC(=O)NCC(=O)N3CCN(c4ccccc4)CC3)c2)n1. The van der Waals surface area contributed by atoms with Crippen molar-refractivity contribution >= 4 is 23.3 Å². The second-order valence-corrected chi connectivity index (χ2v) is 7.90. The Bertz CT molecular complexity index is 1090. The molecule has 0 aliphatic carbocycles. The number of anilines is 2. The molecule has 1 aromatic heterocycles. The minimum atomic E-state index is -0.410. The van der Waals surface area contributed by atoms with Crippen LogP contribution in [0.25, 0.3) is 5.69 Å². The molecule has 166 valence electrons. The molecule has 0 bridgehead atoms. The molecule has 1 fully saturated rings. The molecule has 4 rings (SSSR count). The van der Waals surface area contributed by atoms with Crippen LogP contribution in [0, 0.1) is 13.8 Å². The fraction of sp³-hybridized carbons (Fsp3) is 0.292. The molecule has 0 radical (unpaired) electrons. The Kier molecular flexibility index (Phi) is 6.39. The number of urea groups is 1. The molecule has 0 saturated carbocycles. The van der Waals surface area contributed by atoms with E-state index >= 15 is 0 Å². The van der Waals surface area contributed by atoms with Crippen molar-refractivity contribution in [3.8, 4) is 5.69 Å². The van der Waals surface area contributed by atoms with Crippen molar-refractivity contribution in [2.45, 2.75) is 13.8 Å². The molecule has 8 heteroatoms. The van der Waals surface area contributed by atoms with Crippen molar-refractivity contribution < 1.29 is 9.59 Å². The number of carbonyl (C=O) groups excluding carboxylic acids is 2. The highest BCUT2D eigenvalue weighted by atomic mass is 16.2. The van der Waals surface area contributed by atoms with Gasteiger partial charge in [-0.2, -0.15) is 5.10 Å². The third-order valence-corrected chi connectivity index (χ3v) is 5.51. The Morgan fingerprint density at radius 3 is 2.31 bits per heavy atom. The van der Waals surface area contributed by atoms with Gasteiger partial charge in [0.15, 0.2) is 0 Å². The molecule has 32 heavy (non-hydrogen) atoms. The number of nitrogens with one attached hydrogen (secondary N) is 2. The lowest BCUT2D eigenvalue weighted by Gasteiger charge is -2.36. The molecule has 2 N–H and O–H groups in total. The number of aromatic nitrogens is 2. The Morgan fingerprint density at radius 1 is 0.906 bits per heavy atom. The molecule has 1 aliphatic rings. The number of nitrogens with zero attached hydrogens (tertiary/aromatic N) is 4. The summed E-state index contributed by atoms with van der Waals surface area (Å²) in [5, 5.41) is 9.93. The number of hydrogen-bond acceptors (Lipinski definition) is 4. The average molecular weight is 433 g/mol. The first-order valence-corrected chi connectivity index (χ1v) is 10.8. The monoisotopic (exact) mass is 432 g/mol. The van der Waals surface area contributed by atoms with Crippen LogP contribution in [0.1, 0.15) is 11.4 Å². The molecule has 1 saturated heterocycles. The van der Waals surface area contributed by atoms with Crippen molar-refractivity contribution in [1.29, 1.82) is 0 Å². The molecule has 2 aromatic carbocycles. The normalized spacial score (nSPS) is 13.7. The Labute approximate surface area is 187 Å². The third kappa shape index (κ3) is 5.08. The van der Waals surface area contributed by atoms with E-state index in [1.807, 2.05) is 61.0 Å². The van der Waals surface area contributed by atoms with Crippen molar-refractivity contribution in [2.24, 2.45) is 0 Å². The van der Waals surface area contributed by atoms with Crippen LogP contribution >= 0.6 is 0 Å². The van der Waals surface area contributed by atoms with Gasteiger partial charge in [0.1, 0.15) is 0 Å². The van der Waals surface area contributed by atoms with E-state index in [0.29, 0.717) is 18.8 Å². The van der Waals surface area contributed by atoms with Crippen molar-refractivity contribution in [2.75, 3.05) is 42.9 Å². The summed E-state index contributed by atoms with van der Waals surface area (Å²) in [6.07, 6.45) is 0. The summed E-state index contributed by atoms with van der Waals surface area (Å²) in [5.41, 5.74) is 4.61. The predicted octanol–water partition coefficient (Wildman–Crippen LogP) is 2.96. The van der Waals surface area contributed by atoms with Crippen LogP contribution in [-0.2, 0) is 4.79 Å². The maximum Gasteiger partial charge on any atom is 0.319 e. The first-order chi connectivity index (χ1) is 15.5. The zero-order valence-corrected chi connectivity index (χ0v) is 18.4. The minimum absolute atomic E-state index is 0.0334. The molecule has 8 nitrogen and oxygen atoms in total. The van der Waals surface area contributed by atoms with Crippen LogP contribution < -0.4 is 15.5 Å². The molecule has 1 aliphatic heterocycles. The summed E-state index contributed by atoms with van der Waals surface area (Å²) in [6, 6.07) is 19.2. The van der Waals surface area contributed by atoms with E-state index in [4.69, 9.17) is 0 Å². The number of rotatable bonds is 5. The smallest absolute Gasteiger partial charge is 0.319 e. The van der Waals surface area contributed by atoms with Gasteiger partial charge in [-0.25, -0.2) is 9.48 Å². The van der Waals surface area contributed by atoms with Crippen LogP contribution in [0.3, 0.4) is 0 Å². The molecular formula is C24H28N6O2. The zero-order chi connectivity index (χ0) is 22.5. The lowest BCUT2D eigenvalue weighted by molar-refractivity contribution is -0.130. The summed E-state index contributed by atoms with van der Waals surface area (Å²) in [5.74, 6) is -0.0794. The average Bonchev–Trinajstić information content (AvgIpc) is 3.16. The molecule has 0 atom stereocenters. The fourth-order valence-corrected chi connectivity index (χ4v) is 3.90. The van der Waals surface area contributed by atoms with E-state index in [0.717, 1.165) is 30.2 Å². The summed E-state index contributed by atoms with van der Waals surface area (Å²) in [6.45, 7) is 6.73. The molecular weight excluding hydrogens is 404 g/mol. The van der Waals surface area contributed by atoms with E-state index in [9.17, 15) is 9.59 Å². The lowest BCUT2D eigenvalue weighted by atomic mass is 10.2. The number of piperazine rings is 1. The van der Waals surface area contributed by atoms with Crippen LogP contribution in [-0.4, -0.2) is 59.3 Å². The van der Waals surface area contributed by atoms with Crippen molar-refractivity contribution in [1.82, 2.24) is 20.0 Å². The zero-order valence-electron chi connectivity index (χ0n) is 18.4. The van der Waals surface area contributed by atoms with E-state index in [-0.39, 0.29) is 12.5 Å². The molecule has 0 unspecified atom stereocenters. The topological polar surface area (TPSA) is 82.5 Å². The lowest BCUT2D eigenvalue weighted by Crippen LogP contribution is -2.51. The van der Waals surface area contributed by atoms with Crippen LogP contribution in [0.4, 0.5) is 16.2 Å². The van der Waals surface area contributed by atoms with Gasteiger partial charge in [-0.05, 0) is 50.2 Å². The molecule has 3 amide bonds. The number of benzene rings is 2. The number of aryl methyl sites for hydroxylation is 2. The van der Waals surface area contributed by atoms with Gasteiger partial charge in [0.25, 0.3) is 0 Å². The summed E-state index contributed by atoms with van der Waals surface area (Å²) < 4.78 is 1.83. The Balaban J connectivity index is 1.26. The maximum atomic E-state index is 12.5. The highest BCUT2D eigenvalue weighted by molar-refractivity contribution is 5.92. The quantitative estimate of drug-likeness (QED) is 0.649. The Morgan fingerprint density at radius 2 is 1.62 bits per heavy atom. The van der Waals surface area contributed by atoms with Gasteiger partial charge in [0.2, 0.25) is 5.91 Å². The number of carbonyl (C=O) groups is 2. The van der Waals surface area contributed by atoms with Crippen LogP contribution in [0.2, 0.25) is 0 Å². The predicted molar refractivity (Wildman–Crippen MR) is 125 cm³/mol. The molecule has 3 aromatic rings. The van der Waals surface area contributed by atoms with E-state index in [1.54, 1.807) is 11.0 Å². The largest absolute Gasteiger partial charge is 0.368 e. The van der Waals surface area contributed by atoms with E-state index < -0.39 is 6.03 Å². The molecule has 0 spiro atoms. The van der Waals surface area contributed by atoms with Gasteiger partial charge in [-0.3, -0.25) is 4.79 Å². The number of amides is 3. The highest BCUT2D eigenvalue weighted by Gasteiger charge is 2.21. The van der Waals surface area contributed by atoms with Crippen molar-refractivity contribution in [3.63, 3.8) is 0 Å². The minimum Gasteiger partial charge on any atom is -0.368 e. The second-order valence-electron chi connectivity index (χ2n) is 7.90. The highest BCUT2D eigenvalue weighted by Crippen LogP contribution is 2.17. The summed E-state index contributed by atoms with van der Waals surface area (Å²) in [7, 11) is 0. The van der Waals surface area contributed by atoms with Gasteiger partial charge in [0, 0.05) is 43.2 Å². The fourth-order valence-electron chi connectivity index (χ4n) is 3.90. The standard InChI is InChI=1S/C24H28N6O2/c1-18-15-19(2)30(27-18)22-10-6-7-20(16-22)26-24(32)25-17-23(31)29-13-11-28(12-14-29)21-8-4-3-5-9-21/h3-10,15-16H,11-14,17H2,1-2H3,(H2,25,26,32). The van der Waals surface area contributed by atoms with Crippen molar-refractivity contribution in [3.05, 3.63) is 72.1 Å². The van der Waals surface area contributed by atoms with Gasteiger partial charge < -0.3 is 20.4 Å². The molecule has 2 heterocycles. The van der Waals surface area contributed by atoms with Crippen LogP contribution in [0.15, 0.2) is 60.7 Å². The first kappa shape index (κ1) is 21.4. The summed E-state index contributed by atoms with van der Waals surface area (Å²) in [4.78, 5) is 28.9. The van der Waals surface area contributed by atoms with E-state index in [1.165, 1.54) is 5.69 Å². The van der Waals surface area contributed by atoms with E-state index in [2.05, 4.69) is 32.8 Å². The third-order valence-electron chi connectivity index (χ3n) is 5.51. The summed E-state index contributed by atoms with van der Waals surface area (Å²) >= 11 is 0. The van der Waals surface area contributed by atoms with Crippen LogP contribution in [0.5, 0.6) is 0 Å². The van der Waals surface area contributed by atoms with Gasteiger partial charge in [-0.1, -0.05) is 24.3 Å². The number of hydrogen-bond donors (Lipinski definition) is 2. The second kappa shape index (κ2) is 9.55. The van der Waals surface area contributed by atoms with Gasteiger partial charge >= 0.3 is 6.03 Å². The van der Waals surface area contributed by atoms with Gasteiger partial charge in [-0.15, -0.1) is 0 Å². The Hall–Kier alpha value is -3.81. The number of para-hydroxylation sites is 1.